The van der Waals surface area contributed by atoms with E-state index in [2.05, 4.69) is 4.72 Å². The summed E-state index contributed by atoms with van der Waals surface area (Å²) < 4.78 is 37.1. The Morgan fingerprint density at radius 2 is 1.57 bits per heavy atom. The van der Waals surface area contributed by atoms with Gasteiger partial charge in [0.25, 0.3) is 0 Å². The van der Waals surface area contributed by atoms with Crippen molar-refractivity contribution in [3.05, 3.63) is 93.6 Å². The second-order valence-electron chi connectivity index (χ2n) is 8.05. The Kier molecular flexibility index (Phi) is 6.79. The lowest BCUT2D eigenvalue weighted by Gasteiger charge is -2.15. The third-order valence-corrected chi connectivity index (χ3v) is 8.01. The Hall–Kier alpha value is -2.55. The van der Waals surface area contributed by atoms with E-state index >= 15 is 0 Å². The fourth-order valence-electron chi connectivity index (χ4n) is 4.03. The van der Waals surface area contributed by atoms with Crippen LogP contribution in [-0.4, -0.2) is 24.8 Å². The molecule has 1 N–H and O–H groups in total. The van der Waals surface area contributed by atoms with Gasteiger partial charge in [0.2, 0.25) is 10.0 Å². The molecule has 10 heteroatoms. The molecule has 0 amide bonds. The van der Waals surface area contributed by atoms with Crippen LogP contribution in [0.4, 0.5) is 0 Å². The van der Waals surface area contributed by atoms with Crippen LogP contribution in [0.2, 0.25) is 15.1 Å². The standard InChI is InChI=1S/C25H20Cl3N3O3S/c26-17-9-7-16(8-10-17)24-25-23(29-31(24)22-6-2-1-4-20(22)28)21(5-3-15-34-25)30-35(32,33)19-13-11-18(27)12-14-19/h1-2,4,6-14,21,30H,3,5,15H2. The van der Waals surface area contributed by atoms with E-state index in [1.807, 2.05) is 30.3 Å². The highest BCUT2D eigenvalue weighted by molar-refractivity contribution is 7.89. The largest absolute Gasteiger partial charge is 0.489 e. The zero-order valence-electron chi connectivity index (χ0n) is 18.3. The van der Waals surface area contributed by atoms with Crippen molar-refractivity contribution < 1.29 is 13.2 Å². The minimum absolute atomic E-state index is 0.122. The van der Waals surface area contributed by atoms with Gasteiger partial charge in [0.1, 0.15) is 11.4 Å². The van der Waals surface area contributed by atoms with Crippen molar-refractivity contribution in [2.24, 2.45) is 0 Å². The summed E-state index contributed by atoms with van der Waals surface area (Å²) in [6.45, 7) is 0.418. The monoisotopic (exact) mass is 547 g/mol. The number of para-hydroxylation sites is 1. The first-order chi connectivity index (χ1) is 16.8. The van der Waals surface area contributed by atoms with Crippen LogP contribution in [0.15, 0.2) is 77.7 Å². The van der Waals surface area contributed by atoms with E-state index in [9.17, 15) is 8.42 Å². The molecule has 1 unspecified atom stereocenters. The lowest BCUT2D eigenvalue weighted by Crippen LogP contribution is -2.29. The van der Waals surface area contributed by atoms with E-state index in [0.29, 0.717) is 57.3 Å². The number of fused-ring (bicyclic) bond motifs is 1. The van der Waals surface area contributed by atoms with Crippen molar-refractivity contribution in [1.82, 2.24) is 14.5 Å². The molecule has 1 aliphatic heterocycles. The van der Waals surface area contributed by atoms with Crippen LogP contribution in [0, 0.1) is 0 Å². The number of benzene rings is 3. The molecule has 1 atom stereocenters. The Morgan fingerprint density at radius 1 is 0.914 bits per heavy atom. The number of hydrogen-bond acceptors (Lipinski definition) is 4. The molecule has 2 heterocycles. The normalized spacial score (nSPS) is 15.8. The molecule has 0 bridgehead atoms. The number of hydrogen-bond donors (Lipinski definition) is 1. The van der Waals surface area contributed by atoms with Crippen molar-refractivity contribution in [2.45, 2.75) is 23.8 Å². The van der Waals surface area contributed by atoms with Crippen molar-refractivity contribution in [3.63, 3.8) is 0 Å². The SMILES string of the molecule is O=S(=O)(NC1CCCOc2c1nn(-c1ccccc1Cl)c2-c1ccc(Cl)cc1)c1ccc(Cl)cc1. The number of halogens is 3. The van der Waals surface area contributed by atoms with Gasteiger partial charge in [0, 0.05) is 15.6 Å². The molecule has 0 saturated heterocycles. The highest BCUT2D eigenvalue weighted by atomic mass is 35.5. The molecule has 0 saturated carbocycles. The van der Waals surface area contributed by atoms with Gasteiger partial charge in [0.15, 0.2) is 5.75 Å². The minimum Gasteiger partial charge on any atom is -0.489 e. The summed E-state index contributed by atoms with van der Waals surface area (Å²) in [6.07, 6.45) is 1.16. The maximum absolute atomic E-state index is 13.2. The first kappa shape index (κ1) is 24.2. The van der Waals surface area contributed by atoms with Gasteiger partial charge in [-0.25, -0.2) is 17.8 Å². The Balaban J connectivity index is 1.65. The summed E-state index contributed by atoms with van der Waals surface area (Å²) in [6, 6.07) is 20.0. The van der Waals surface area contributed by atoms with E-state index < -0.39 is 16.1 Å². The van der Waals surface area contributed by atoms with Crippen LogP contribution >= 0.6 is 34.8 Å². The number of rotatable bonds is 5. The van der Waals surface area contributed by atoms with Crippen LogP contribution in [0.5, 0.6) is 5.75 Å². The highest BCUT2D eigenvalue weighted by Crippen LogP contribution is 2.42. The zero-order chi connectivity index (χ0) is 24.6. The van der Waals surface area contributed by atoms with Crippen LogP contribution in [0.3, 0.4) is 0 Å². The van der Waals surface area contributed by atoms with Gasteiger partial charge in [-0.05, 0) is 61.4 Å². The van der Waals surface area contributed by atoms with Gasteiger partial charge in [-0.15, -0.1) is 0 Å². The smallest absolute Gasteiger partial charge is 0.241 e. The summed E-state index contributed by atoms with van der Waals surface area (Å²) >= 11 is 18.6. The van der Waals surface area contributed by atoms with E-state index in [1.165, 1.54) is 12.1 Å². The van der Waals surface area contributed by atoms with Gasteiger partial charge in [-0.1, -0.05) is 59.1 Å². The van der Waals surface area contributed by atoms with Gasteiger partial charge in [0.05, 0.1) is 28.3 Å². The summed E-state index contributed by atoms with van der Waals surface area (Å²) in [5.41, 5.74) is 2.62. The van der Waals surface area contributed by atoms with Crippen molar-refractivity contribution in [1.29, 1.82) is 0 Å². The summed E-state index contributed by atoms with van der Waals surface area (Å²) in [4.78, 5) is 0.122. The molecule has 1 aliphatic rings. The maximum Gasteiger partial charge on any atom is 0.241 e. The molecule has 4 aromatic rings. The predicted molar refractivity (Wildman–Crippen MR) is 138 cm³/mol. The Morgan fingerprint density at radius 3 is 2.26 bits per heavy atom. The molecule has 0 aliphatic carbocycles. The van der Waals surface area contributed by atoms with Crippen LogP contribution in [0.1, 0.15) is 24.6 Å². The quantitative estimate of drug-likeness (QED) is 0.301. The average Bonchev–Trinajstić information content (AvgIpc) is 3.10. The summed E-state index contributed by atoms with van der Waals surface area (Å²) in [7, 11) is -3.84. The van der Waals surface area contributed by atoms with Gasteiger partial charge in [-0.2, -0.15) is 5.10 Å². The second kappa shape index (κ2) is 9.84. The molecule has 0 fully saturated rings. The maximum atomic E-state index is 13.2. The lowest BCUT2D eigenvalue weighted by atomic mass is 10.1. The van der Waals surface area contributed by atoms with E-state index in [-0.39, 0.29) is 4.90 Å². The van der Waals surface area contributed by atoms with Crippen molar-refractivity contribution in [3.8, 4) is 22.7 Å². The Bertz CT molecular complexity index is 1470. The predicted octanol–water partition coefficient (Wildman–Crippen LogP) is 6.69. The van der Waals surface area contributed by atoms with E-state index in [1.54, 1.807) is 35.0 Å². The number of ether oxygens (including phenoxy) is 1. The topological polar surface area (TPSA) is 73.2 Å². The molecule has 0 radical (unpaired) electrons. The molecule has 5 rings (SSSR count). The molecule has 180 valence electrons. The zero-order valence-corrected chi connectivity index (χ0v) is 21.4. The molecule has 35 heavy (non-hydrogen) atoms. The highest BCUT2D eigenvalue weighted by Gasteiger charge is 2.32. The number of aromatic nitrogens is 2. The number of sulfonamides is 1. The van der Waals surface area contributed by atoms with Gasteiger partial charge < -0.3 is 4.74 Å². The first-order valence-electron chi connectivity index (χ1n) is 10.9. The van der Waals surface area contributed by atoms with Gasteiger partial charge in [-0.3, -0.25) is 0 Å². The second-order valence-corrected chi connectivity index (χ2v) is 11.0. The fraction of sp³-hybridized carbons (Fsp3) is 0.160. The van der Waals surface area contributed by atoms with Crippen molar-refractivity contribution >= 4 is 44.8 Å². The third-order valence-electron chi connectivity index (χ3n) is 5.70. The molecule has 6 nitrogen and oxygen atoms in total. The number of nitrogens with zero attached hydrogens (tertiary/aromatic N) is 2. The summed E-state index contributed by atoms with van der Waals surface area (Å²) in [5.74, 6) is 0.508. The van der Waals surface area contributed by atoms with Crippen LogP contribution in [-0.2, 0) is 10.0 Å². The number of nitrogens with one attached hydrogen (secondary N) is 1. The van der Waals surface area contributed by atoms with E-state index in [0.717, 1.165) is 5.56 Å². The first-order valence-corrected chi connectivity index (χ1v) is 13.5. The van der Waals surface area contributed by atoms with Gasteiger partial charge >= 0.3 is 0 Å². The van der Waals surface area contributed by atoms with Crippen LogP contribution < -0.4 is 9.46 Å². The molecular formula is C25H20Cl3N3O3S. The van der Waals surface area contributed by atoms with Crippen molar-refractivity contribution in [2.75, 3.05) is 6.61 Å². The Labute approximate surface area is 218 Å². The molecule has 1 aromatic heterocycles. The molecule has 0 spiro atoms. The lowest BCUT2D eigenvalue weighted by molar-refractivity contribution is 0.316. The fourth-order valence-corrected chi connectivity index (χ4v) is 5.73. The third kappa shape index (κ3) is 4.92. The average molecular weight is 549 g/mol. The minimum atomic E-state index is -3.84. The van der Waals surface area contributed by atoms with Crippen LogP contribution in [0.25, 0.3) is 16.9 Å². The molecular weight excluding hydrogens is 529 g/mol. The van der Waals surface area contributed by atoms with E-state index in [4.69, 9.17) is 44.6 Å². The summed E-state index contributed by atoms with van der Waals surface area (Å²) in [5, 5.41) is 6.39. The molecule has 3 aromatic carbocycles.